The molecule has 44 heavy (non-hydrogen) atoms. The van der Waals surface area contributed by atoms with Gasteiger partial charge in [-0.1, -0.05) is 12.1 Å². The van der Waals surface area contributed by atoms with Gasteiger partial charge in [0.15, 0.2) is 17.6 Å². The maximum atomic E-state index is 13.2. The molecule has 0 radical (unpaired) electrons. The monoisotopic (exact) mass is 599 g/mol. The highest BCUT2D eigenvalue weighted by atomic mass is 16.6. The smallest absolute Gasteiger partial charge is 0.412 e. The van der Waals surface area contributed by atoms with Gasteiger partial charge in [0, 0.05) is 55.1 Å². The first-order chi connectivity index (χ1) is 21.4. The van der Waals surface area contributed by atoms with Gasteiger partial charge in [-0.15, -0.1) is 0 Å². The van der Waals surface area contributed by atoms with Crippen molar-refractivity contribution in [2.75, 3.05) is 32.7 Å². The first kappa shape index (κ1) is 27.8. The van der Waals surface area contributed by atoms with E-state index in [0.29, 0.717) is 44.0 Å². The lowest BCUT2D eigenvalue weighted by Gasteiger charge is -2.62. The number of piperidine rings is 1. The summed E-state index contributed by atoms with van der Waals surface area (Å²) >= 11 is 0. The van der Waals surface area contributed by atoms with Crippen LogP contribution >= 0.6 is 0 Å². The van der Waals surface area contributed by atoms with Gasteiger partial charge >= 0.3 is 12.1 Å². The molecule has 3 amide bonds. The highest BCUT2D eigenvalue weighted by molar-refractivity contribution is 5.87. The summed E-state index contributed by atoms with van der Waals surface area (Å²) in [7, 11) is 0. The number of benzene rings is 2. The van der Waals surface area contributed by atoms with Crippen LogP contribution in [0.1, 0.15) is 67.2 Å². The van der Waals surface area contributed by atoms with Crippen LogP contribution in [0.4, 0.5) is 9.59 Å². The van der Waals surface area contributed by atoms with Crippen molar-refractivity contribution in [2.24, 2.45) is 5.92 Å². The number of nitrogens with one attached hydrogen (secondary N) is 4. The predicted molar refractivity (Wildman–Crippen MR) is 165 cm³/mol. The molecule has 2 aromatic carbocycles. The number of rotatable bonds is 8. The number of carbonyl (C=O) groups excluding carboxylic acids is 2. The molecule has 1 saturated carbocycles. The normalized spacial score (nSPS) is 27.7. The molecule has 1 saturated heterocycles. The number of H-pyrrole nitrogens is 1. The van der Waals surface area contributed by atoms with Gasteiger partial charge < -0.3 is 35.5 Å². The molecule has 1 aromatic heterocycles. The summed E-state index contributed by atoms with van der Waals surface area (Å²) in [6.45, 7) is 7.28. The minimum atomic E-state index is -1.05. The number of nitrogens with zero attached hydrogens (tertiary/aromatic N) is 1. The SMILES string of the molecule is CCNC(=O)NCCc1ccc2[nH]c3c(c2c1)C[C@@]1(O)[C@@H]2Cc4ccc(OC(=O)NCC)c5c4[C@@]1(CCN2CC1CC1)[C@H]3O5. The van der Waals surface area contributed by atoms with E-state index in [4.69, 9.17) is 9.47 Å². The molecule has 10 heteroatoms. The Balaban J connectivity index is 1.22. The average molecular weight is 600 g/mol. The van der Waals surface area contributed by atoms with Crippen molar-refractivity contribution in [3.05, 3.63) is 58.3 Å². The van der Waals surface area contributed by atoms with Crippen molar-refractivity contribution in [1.29, 1.82) is 0 Å². The number of hydrogen-bond donors (Lipinski definition) is 5. The van der Waals surface area contributed by atoms with Crippen LogP contribution < -0.4 is 25.4 Å². The van der Waals surface area contributed by atoms with E-state index in [1.807, 2.05) is 19.9 Å². The van der Waals surface area contributed by atoms with E-state index in [2.05, 4.69) is 50.1 Å². The summed E-state index contributed by atoms with van der Waals surface area (Å²) in [4.78, 5) is 30.7. The molecule has 232 valence electrons. The molecule has 3 heterocycles. The molecular weight excluding hydrogens is 558 g/mol. The summed E-state index contributed by atoms with van der Waals surface area (Å²) in [5.41, 5.74) is 4.75. The topological polar surface area (TPSA) is 128 Å². The van der Waals surface area contributed by atoms with Crippen LogP contribution in [-0.4, -0.2) is 71.5 Å². The van der Waals surface area contributed by atoms with Gasteiger partial charge in [-0.3, -0.25) is 4.90 Å². The zero-order valence-electron chi connectivity index (χ0n) is 25.4. The van der Waals surface area contributed by atoms with Gasteiger partial charge in [0.25, 0.3) is 0 Å². The Bertz CT molecular complexity index is 1670. The van der Waals surface area contributed by atoms with E-state index < -0.39 is 23.2 Å². The summed E-state index contributed by atoms with van der Waals surface area (Å²) < 4.78 is 12.7. The maximum Gasteiger partial charge on any atom is 0.412 e. The summed E-state index contributed by atoms with van der Waals surface area (Å²) in [5.74, 6) is 1.71. The number of hydrogen-bond acceptors (Lipinski definition) is 6. The number of aromatic amines is 1. The molecule has 1 spiro atoms. The lowest BCUT2D eigenvalue weighted by atomic mass is 9.49. The minimum Gasteiger partial charge on any atom is -0.479 e. The zero-order chi connectivity index (χ0) is 30.2. The molecule has 0 unspecified atom stereocenters. The first-order valence-corrected chi connectivity index (χ1v) is 16.3. The third-order valence-corrected chi connectivity index (χ3v) is 10.8. The van der Waals surface area contributed by atoms with Crippen LogP contribution in [0.3, 0.4) is 0 Å². The molecule has 3 aromatic rings. The Labute approximate surface area is 256 Å². The molecule has 5 aliphatic rings. The van der Waals surface area contributed by atoms with Crippen LogP contribution in [0.25, 0.3) is 10.9 Å². The van der Waals surface area contributed by atoms with Crippen LogP contribution in [0.5, 0.6) is 11.5 Å². The van der Waals surface area contributed by atoms with Crippen molar-refractivity contribution < 1.29 is 24.2 Å². The van der Waals surface area contributed by atoms with E-state index in [-0.39, 0.29) is 12.1 Å². The van der Waals surface area contributed by atoms with Crippen molar-refractivity contribution in [3.63, 3.8) is 0 Å². The number of fused-ring (bicyclic) bond motifs is 4. The minimum absolute atomic E-state index is 0.0286. The fraction of sp³-hybridized carbons (Fsp3) is 0.529. The molecule has 2 bridgehead atoms. The van der Waals surface area contributed by atoms with Gasteiger partial charge in [0.1, 0.15) is 0 Å². The summed E-state index contributed by atoms with van der Waals surface area (Å²) in [5, 5.41) is 22.7. The van der Waals surface area contributed by atoms with Crippen molar-refractivity contribution in [1.82, 2.24) is 25.8 Å². The number of aliphatic hydroxyl groups is 1. The highest BCUT2D eigenvalue weighted by Gasteiger charge is 2.73. The van der Waals surface area contributed by atoms with Crippen molar-refractivity contribution in [3.8, 4) is 11.5 Å². The van der Waals surface area contributed by atoms with E-state index in [1.54, 1.807) is 0 Å². The van der Waals surface area contributed by atoms with Crippen LogP contribution in [0, 0.1) is 5.92 Å². The first-order valence-electron chi connectivity index (χ1n) is 16.3. The Morgan fingerprint density at radius 1 is 1.14 bits per heavy atom. The van der Waals surface area contributed by atoms with Gasteiger partial charge in [0.05, 0.1) is 16.7 Å². The molecule has 10 nitrogen and oxygen atoms in total. The van der Waals surface area contributed by atoms with Crippen molar-refractivity contribution in [2.45, 2.75) is 75.5 Å². The number of urea groups is 1. The Hall–Kier alpha value is -3.76. The van der Waals surface area contributed by atoms with Gasteiger partial charge in [-0.05, 0) is 93.3 Å². The predicted octanol–water partition coefficient (Wildman–Crippen LogP) is 3.84. The van der Waals surface area contributed by atoms with Gasteiger partial charge in [-0.25, -0.2) is 9.59 Å². The lowest BCUT2D eigenvalue weighted by Crippen LogP contribution is -2.74. The van der Waals surface area contributed by atoms with Crippen LogP contribution in [0.15, 0.2) is 30.3 Å². The third kappa shape index (κ3) is 3.99. The Morgan fingerprint density at radius 2 is 1.98 bits per heavy atom. The fourth-order valence-electron chi connectivity index (χ4n) is 8.72. The second-order valence-electron chi connectivity index (χ2n) is 13.3. The summed E-state index contributed by atoms with van der Waals surface area (Å²) in [6, 6.07) is 10.1. The lowest BCUT2D eigenvalue weighted by molar-refractivity contribution is -0.173. The van der Waals surface area contributed by atoms with E-state index >= 15 is 0 Å². The fourth-order valence-corrected chi connectivity index (χ4v) is 8.72. The average Bonchev–Trinajstić information content (AvgIpc) is 3.64. The highest BCUT2D eigenvalue weighted by Crippen LogP contribution is 2.69. The molecule has 4 atom stereocenters. The summed E-state index contributed by atoms with van der Waals surface area (Å²) in [6.07, 6.45) is 4.33. The Morgan fingerprint density at radius 3 is 2.77 bits per heavy atom. The number of carbonyl (C=O) groups is 2. The largest absolute Gasteiger partial charge is 0.479 e. The number of amides is 3. The number of likely N-dealkylation sites (tertiary alicyclic amines) is 1. The van der Waals surface area contributed by atoms with E-state index in [0.717, 1.165) is 65.1 Å². The van der Waals surface area contributed by atoms with Gasteiger partial charge in [0.2, 0.25) is 0 Å². The second kappa shape index (κ2) is 10.1. The second-order valence-corrected chi connectivity index (χ2v) is 13.3. The third-order valence-electron chi connectivity index (χ3n) is 10.8. The Kier molecular flexibility index (Phi) is 6.40. The van der Waals surface area contributed by atoms with E-state index in [9.17, 15) is 14.7 Å². The number of ether oxygens (including phenoxy) is 2. The van der Waals surface area contributed by atoms with Crippen LogP contribution in [-0.2, 0) is 24.7 Å². The molecule has 8 rings (SSSR count). The molecule has 3 aliphatic carbocycles. The van der Waals surface area contributed by atoms with E-state index in [1.165, 1.54) is 18.4 Å². The van der Waals surface area contributed by atoms with Crippen molar-refractivity contribution >= 4 is 23.0 Å². The number of aromatic nitrogens is 1. The quantitative estimate of drug-likeness (QED) is 0.268. The standard InChI is InChI=1S/C34H41N5O5/c1-3-35-31(40)37-13-11-19-7-9-24-22(15-19)23-17-34(42)26-16-21-8-10-25(43-32(41)36-4-2)29-27(21)33(34,30(44-29)28(23)38-24)12-14-39(26)18-20-5-6-20/h7-10,15,20,26,30,38,42H,3-6,11-14,16-18H2,1-2H3,(H,36,41)(H2,35,37,40)/t26-,30-,33-,34+/m0/s1. The molecule has 2 aliphatic heterocycles. The zero-order valence-corrected chi connectivity index (χ0v) is 25.4. The molecular formula is C34H41N5O5. The maximum absolute atomic E-state index is 13.2. The van der Waals surface area contributed by atoms with Gasteiger partial charge in [-0.2, -0.15) is 0 Å². The molecule has 2 fully saturated rings. The van der Waals surface area contributed by atoms with Crippen LogP contribution in [0.2, 0.25) is 0 Å². The molecule has 5 N–H and O–H groups in total.